The van der Waals surface area contributed by atoms with Crippen LogP contribution in [0.3, 0.4) is 0 Å². The van der Waals surface area contributed by atoms with Crippen LogP contribution in [0, 0.1) is 0 Å². The van der Waals surface area contributed by atoms with Gasteiger partial charge in [0.15, 0.2) is 0 Å². The summed E-state index contributed by atoms with van der Waals surface area (Å²) < 4.78 is 5.87. The zero-order valence-corrected chi connectivity index (χ0v) is 29.1. The number of methoxy groups -OCH3 is 1. The summed E-state index contributed by atoms with van der Waals surface area (Å²) in [6.45, 7) is 1.94. The second-order valence-corrected chi connectivity index (χ2v) is 14.3. The third-order valence-electron chi connectivity index (χ3n) is 10.3. The van der Waals surface area contributed by atoms with Crippen molar-refractivity contribution in [2.75, 3.05) is 20.2 Å². The van der Waals surface area contributed by atoms with E-state index in [2.05, 4.69) is 33.4 Å². The number of allylic oxidation sites excluding steroid dienone is 4. The minimum atomic E-state index is -0.880. The Hall–Kier alpha value is -3.76. The number of aryl methyl sites for hydroxylation is 1. The van der Waals surface area contributed by atoms with Crippen molar-refractivity contribution < 1.29 is 14.3 Å². The summed E-state index contributed by atoms with van der Waals surface area (Å²) in [4.78, 5) is 33.6. The van der Waals surface area contributed by atoms with Crippen LogP contribution in [0.5, 0.6) is 5.88 Å². The molecule has 2 unspecified atom stereocenters. The molecule has 4 heterocycles. The van der Waals surface area contributed by atoms with Gasteiger partial charge in [-0.2, -0.15) is 0 Å². The van der Waals surface area contributed by atoms with Crippen molar-refractivity contribution in [3.63, 3.8) is 0 Å². The molecule has 0 saturated carbocycles. The number of nitrogens with one attached hydrogen (secondary N) is 4. The highest BCUT2D eigenvalue weighted by molar-refractivity contribution is 6.34. The highest BCUT2D eigenvalue weighted by atomic mass is 35.5. The fourth-order valence-corrected chi connectivity index (χ4v) is 8.42. The zero-order valence-electron chi connectivity index (χ0n) is 27.6. The van der Waals surface area contributed by atoms with Gasteiger partial charge in [-0.1, -0.05) is 60.2 Å². The molecule has 2 aliphatic heterocycles. The van der Waals surface area contributed by atoms with Crippen molar-refractivity contribution in [1.29, 1.82) is 0 Å². The number of aromatic nitrogens is 2. The molecule has 7 rings (SSSR count). The first-order valence-corrected chi connectivity index (χ1v) is 18.0. The molecule has 256 valence electrons. The van der Waals surface area contributed by atoms with Gasteiger partial charge in [0, 0.05) is 67.4 Å². The van der Waals surface area contributed by atoms with Crippen molar-refractivity contribution >= 4 is 40.6 Å². The average Bonchev–Trinajstić information content (AvgIpc) is 3.74. The molecule has 0 radical (unpaired) electrons. The lowest BCUT2D eigenvalue weighted by Gasteiger charge is -2.39. The number of pyridine rings is 2. The van der Waals surface area contributed by atoms with Gasteiger partial charge in [0.25, 0.3) is 0 Å². The van der Waals surface area contributed by atoms with Crippen LogP contribution in [0.25, 0.3) is 5.57 Å². The van der Waals surface area contributed by atoms with E-state index in [0.29, 0.717) is 36.8 Å². The molecular formula is C38H42Cl2N6O3. The van der Waals surface area contributed by atoms with Crippen LogP contribution < -0.4 is 26.0 Å². The number of carbonyl (C=O) groups excluding carboxylic acids is 2. The molecule has 5 atom stereocenters. The van der Waals surface area contributed by atoms with Gasteiger partial charge in [0.1, 0.15) is 0 Å². The Labute approximate surface area is 297 Å². The second-order valence-electron chi connectivity index (χ2n) is 13.4. The number of hydrogen-bond donors (Lipinski definition) is 4. The maximum atomic E-state index is 11.8. The Kier molecular flexibility index (Phi) is 10.1. The molecule has 4 N–H and O–H groups in total. The lowest BCUT2D eigenvalue weighted by atomic mass is 9.68. The van der Waals surface area contributed by atoms with Crippen LogP contribution in [-0.2, 0) is 28.0 Å². The monoisotopic (exact) mass is 700 g/mol. The Bertz CT molecular complexity index is 1800. The highest BCUT2D eigenvalue weighted by Crippen LogP contribution is 2.49. The van der Waals surface area contributed by atoms with Crippen molar-refractivity contribution in [2.45, 2.75) is 80.4 Å². The molecule has 11 heteroatoms. The molecule has 2 aromatic heterocycles. The number of fused-ring (bicyclic) bond motifs is 1. The van der Waals surface area contributed by atoms with E-state index < -0.39 is 10.8 Å². The maximum Gasteiger partial charge on any atom is 0.220 e. The summed E-state index contributed by atoms with van der Waals surface area (Å²) in [6, 6.07) is 14.5. The van der Waals surface area contributed by atoms with E-state index in [1.54, 1.807) is 7.11 Å². The number of rotatable bonds is 11. The van der Waals surface area contributed by atoms with Crippen LogP contribution in [0.2, 0.25) is 5.02 Å². The summed E-state index contributed by atoms with van der Waals surface area (Å²) in [5.74, 6) is 0.739. The molecule has 4 aliphatic rings. The number of halogens is 2. The Morgan fingerprint density at radius 2 is 1.78 bits per heavy atom. The quantitative estimate of drug-likeness (QED) is 0.201. The van der Waals surface area contributed by atoms with E-state index in [9.17, 15) is 9.59 Å². The van der Waals surface area contributed by atoms with Gasteiger partial charge in [-0.15, -0.1) is 11.6 Å². The van der Waals surface area contributed by atoms with E-state index in [0.717, 1.165) is 72.3 Å². The number of nitrogens with zero attached hydrogens (tertiary/aromatic N) is 2. The predicted molar refractivity (Wildman–Crippen MR) is 192 cm³/mol. The first-order chi connectivity index (χ1) is 23.9. The lowest BCUT2D eigenvalue weighted by molar-refractivity contribution is -0.120. The molecule has 2 saturated heterocycles. The third kappa shape index (κ3) is 6.86. The molecule has 9 nitrogen and oxygen atoms in total. The second kappa shape index (κ2) is 14.6. The van der Waals surface area contributed by atoms with Crippen molar-refractivity contribution in [3.8, 4) is 5.88 Å². The Balaban J connectivity index is 1.23. The number of hydrogen-bond acceptors (Lipinski definition) is 7. The standard InChI is InChI=1S/C38H42Cl2N6O3/c1-49-37-24(19-41-21-26-12-15-33(47)44-26)11-14-32(46-37)38(17-5-8-29(36(38)40)28-7-2-3-9-30(28)39)25-18-23-6-4-10-31(35(23)43-20-25)42-22-27-13-16-34(48)45-27/h2-3,5,7-9,11,14,17-18,20,26-27,31,36,41-42H,4,6,10,12-13,15-16,19,21-22H2,1H3,(H,44,47)(H,45,48)/t26-,27-,31-,36?,38?/m0/s1. The Morgan fingerprint density at radius 1 is 1.00 bits per heavy atom. The summed E-state index contributed by atoms with van der Waals surface area (Å²) in [5.41, 5.74) is 5.73. The zero-order chi connectivity index (χ0) is 34.0. The first kappa shape index (κ1) is 33.7. The number of amides is 2. The van der Waals surface area contributed by atoms with Gasteiger partial charge in [-0.25, -0.2) is 4.98 Å². The smallest absolute Gasteiger partial charge is 0.220 e. The summed E-state index contributed by atoms with van der Waals surface area (Å²) in [6.07, 6.45) is 13.9. The fourth-order valence-electron chi connectivity index (χ4n) is 7.68. The lowest BCUT2D eigenvalue weighted by Crippen LogP contribution is -2.40. The van der Waals surface area contributed by atoms with E-state index in [-0.39, 0.29) is 29.9 Å². The van der Waals surface area contributed by atoms with Crippen LogP contribution in [0.1, 0.15) is 78.2 Å². The van der Waals surface area contributed by atoms with E-state index in [1.807, 2.05) is 54.7 Å². The normalized spacial score (nSPS) is 26.2. The summed E-state index contributed by atoms with van der Waals surface area (Å²) in [5, 5.41) is 13.3. The predicted octanol–water partition coefficient (Wildman–Crippen LogP) is 5.30. The minimum absolute atomic E-state index is 0.101. The van der Waals surface area contributed by atoms with Gasteiger partial charge >= 0.3 is 0 Å². The van der Waals surface area contributed by atoms with Crippen LogP contribution in [0.15, 0.2) is 66.9 Å². The Morgan fingerprint density at radius 3 is 2.51 bits per heavy atom. The van der Waals surface area contributed by atoms with Gasteiger partial charge in [-0.05, 0) is 66.5 Å². The van der Waals surface area contributed by atoms with Crippen LogP contribution in [0.4, 0.5) is 0 Å². The molecule has 2 amide bonds. The largest absolute Gasteiger partial charge is 0.481 e. The molecular weight excluding hydrogens is 659 g/mol. The van der Waals surface area contributed by atoms with Crippen LogP contribution in [-0.4, -0.2) is 59.4 Å². The number of alkyl halides is 1. The molecule has 3 aromatic rings. The summed E-state index contributed by atoms with van der Waals surface area (Å²) in [7, 11) is 1.63. The molecule has 0 spiro atoms. The number of benzene rings is 1. The molecule has 2 fully saturated rings. The van der Waals surface area contributed by atoms with E-state index in [4.69, 9.17) is 37.9 Å². The topological polar surface area (TPSA) is 117 Å². The fraction of sp³-hybridized carbons (Fsp3) is 0.421. The van der Waals surface area contributed by atoms with E-state index >= 15 is 0 Å². The molecule has 1 aromatic carbocycles. The third-order valence-corrected chi connectivity index (χ3v) is 11.2. The first-order valence-electron chi connectivity index (χ1n) is 17.2. The van der Waals surface area contributed by atoms with Crippen molar-refractivity contribution in [2.24, 2.45) is 0 Å². The van der Waals surface area contributed by atoms with Crippen molar-refractivity contribution in [3.05, 3.63) is 106 Å². The van der Waals surface area contributed by atoms with Crippen molar-refractivity contribution in [1.82, 2.24) is 31.2 Å². The molecule has 0 bridgehead atoms. The van der Waals surface area contributed by atoms with E-state index in [1.165, 1.54) is 5.56 Å². The SMILES string of the molecule is COc1nc(C2(c3cnc4c(c3)CCC[C@@H]4NC[C@@H]3CCC(=O)N3)C=CC=C(c3ccccc3Cl)C2Cl)ccc1CNC[C@@H]1CCC(=O)N1. The maximum absolute atomic E-state index is 11.8. The van der Waals surface area contributed by atoms with Gasteiger partial charge in [0.2, 0.25) is 17.7 Å². The molecule has 2 aliphatic carbocycles. The summed E-state index contributed by atoms with van der Waals surface area (Å²) >= 11 is 14.4. The average molecular weight is 702 g/mol. The minimum Gasteiger partial charge on any atom is -0.481 e. The van der Waals surface area contributed by atoms with Gasteiger partial charge < -0.3 is 26.0 Å². The highest BCUT2D eigenvalue weighted by Gasteiger charge is 2.45. The number of ether oxygens (including phenoxy) is 1. The molecule has 49 heavy (non-hydrogen) atoms. The van der Waals surface area contributed by atoms with Crippen LogP contribution >= 0.6 is 23.2 Å². The van der Waals surface area contributed by atoms with Gasteiger partial charge in [0.05, 0.1) is 29.3 Å². The number of carbonyl (C=O) groups is 2. The van der Waals surface area contributed by atoms with Gasteiger partial charge in [-0.3, -0.25) is 14.6 Å².